The zero-order valence-electron chi connectivity index (χ0n) is 53.1. The van der Waals surface area contributed by atoms with E-state index >= 15 is 0 Å². The number of rotatable bonds is 28. The third kappa shape index (κ3) is 16.4. The van der Waals surface area contributed by atoms with Crippen molar-refractivity contribution in [2.45, 2.75) is 131 Å². The highest BCUT2D eigenvalue weighted by molar-refractivity contribution is 7.48. The molecule has 5 saturated heterocycles. The number of nitrogens with zero attached hydrogens (tertiary/aromatic N) is 13. The van der Waals surface area contributed by atoms with Crippen LogP contribution >= 0.6 is 39.2 Å². The van der Waals surface area contributed by atoms with Crippen LogP contribution in [0.1, 0.15) is 68.8 Å². The van der Waals surface area contributed by atoms with Gasteiger partial charge >= 0.3 is 50.6 Å². The molecule has 16 N–H and O–H groups in total. The molecule has 0 amide bonds. The number of anilines is 4. The van der Waals surface area contributed by atoms with Gasteiger partial charge in [0.15, 0.2) is 33.8 Å². The summed E-state index contributed by atoms with van der Waals surface area (Å²) in [5.74, 6) is -0.805. The molecule has 19 atom stereocenters. The van der Waals surface area contributed by atoms with Gasteiger partial charge in [0, 0.05) is 50.1 Å². The number of nitrogens with one attached hydrogen (secondary N) is 3. The van der Waals surface area contributed by atoms with E-state index in [9.17, 15) is 76.0 Å². The van der Waals surface area contributed by atoms with Crippen LogP contribution < -0.4 is 51.0 Å². The molecule has 50 nitrogen and oxygen atoms in total. The fourth-order valence-corrected chi connectivity index (χ4v) is 16.1. The first-order valence-electron chi connectivity index (χ1n) is 30.6. The summed E-state index contributed by atoms with van der Waals surface area (Å²) in [6.45, 7) is -3.38. The maximum Gasteiger partial charge on any atom is 0.472 e. The maximum absolute atomic E-state index is 14.3. The average Bonchev–Trinajstić information content (AvgIpc) is 1.66. The molecule has 0 radical (unpaired) electrons. The minimum absolute atomic E-state index is 0.00708. The fraction of sp³-hybridized carbons (Fsp3) is 0.531. The van der Waals surface area contributed by atoms with Crippen LogP contribution in [0.15, 0.2) is 67.7 Å². The zero-order chi connectivity index (χ0) is 74.1. The largest absolute Gasteiger partial charge is 0.472 e. The molecule has 13 rings (SSSR count). The second-order valence-electron chi connectivity index (χ2n) is 23.7. The minimum atomic E-state index is -5.56. The molecular formula is C49H61N20O30P5. The van der Waals surface area contributed by atoms with Crippen LogP contribution in [0.5, 0.6) is 0 Å². The third-order valence-electron chi connectivity index (χ3n) is 16.8. The van der Waals surface area contributed by atoms with E-state index in [2.05, 4.69) is 54.8 Å². The molecule has 0 spiro atoms. The number of fused-ring (bicyclic) bond motifs is 3. The predicted octanol–water partition coefficient (Wildman–Crippen LogP) is -1.55. The van der Waals surface area contributed by atoms with Gasteiger partial charge in [0.05, 0.1) is 58.1 Å². The summed E-state index contributed by atoms with van der Waals surface area (Å²) in [4.78, 5) is 148. The van der Waals surface area contributed by atoms with E-state index in [1.807, 2.05) is 0 Å². The van der Waals surface area contributed by atoms with Crippen molar-refractivity contribution in [2.24, 2.45) is 0 Å². The lowest BCUT2D eigenvalue weighted by molar-refractivity contribution is -0.0639. The number of aliphatic hydroxyl groups is 1. The normalized spacial score (nSPS) is 28.8. The Bertz CT molecular complexity index is 5180. The molecule has 104 heavy (non-hydrogen) atoms. The lowest BCUT2D eigenvalue weighted by Gasteiger charge is -2.25. The number of phosphoric ester groups is 4. The summed E-state index contributed by atoms with van der Waals surface area (Å²) < 4.78 is 163. The van der Waals surface area contributed by atoms with Crippen molar-refractivity contribution in [2.75, 3.05) is 56.0 Å². The number of aryl methyl sites for hydroxylation is 1. The van der Waals surface area contributed by atoms with E-state index in [-0.39, 0.29) is 75.4 Å². The first-order chi connectivity index (χ1) is 49.2. The topological polar surface area (TPSA) is 697 Å². The van der Waals surface area contributed by atoms with Crippen LogP contribution in [0, 0.1) is 6.92 Å². The van der Waals surface area contributed by atoms with Crippen LogP contribution in [-0.2, 0) is 91.8 Å². The third-order valence-corrected chi connectivity index (χ3v) is 21.2. The van der Waals surface area contributed by atoms with Crippen LogP contribution in [0.25, 0.3) is 33.5 Å². The molecule has 0 aromatic carbocycles. The Kier molecular flexibility index (Phi) is 21.0. The molecule has 8 aromatic rings. The van der Waals surface area contributed by atoms with Gasteiger partial charge in [0.1, 0.15) is 104 Å². The van der Waals surface area contributed by atoms with E-state index in [4.69, 9.17) is 87.3 Å². The fourth-order valence-electron chi connectivity index (χ4n) is 12.0. The molecule has 562 valence electrons. The number of ether oxygens (including phenoxy) is 5. The molecule has 55 heteroatoms. The predicted molar refractivity (Wildman–Crippen MR) is 339 cm³/mol. The van der Waals surface area contributed by atoms with E-state index in [1.165, 1.54) is 45.5 Å². The number of aliphatic hydroxyl groups excluding tert-OH is 1. The number of H-pyrrole nitrogens is 3. The highest BCUT2D eigenvalue weighted by atomic mass is 31.2. The summed E-state index contributed by atoms with van der Waals surface area (Å²) in [7, 11) is -25.3. The van der Waals surface area contributed by atoms with Crippen molar-refractivity contribution in [3.63, 3.8) is 0 Å². The molecule has 5 fully saturated rings. The van der Waals surface area contributed by atoms with Crippen molar-refractivity contribution in [1.82, 2.24) is 77.7 Å². The standard InChI is InChI=1S/C49H61N20O30P5/c1-19-9-66(49(75)64-43(19)71)33-6-23(28(94-33)13-89-102(80,81)96-21-7-35(92-26(21)10-86-100(76)77)69-18-58-38-42(69)61-47(53)63-45(38)73)98-103(82,83)90-14-29-24(8-34(95-29)67-16-56-36-39(51)54-15-55-40(36)67)99-104(84,85)88-12-27-22(5-32(93-27)65-3-2-30(50)59-48(65)74)97-101(78,79)87-11-25-20(70)4-31(91-25)68-17-57-37-41(68)60-46(52)62-44(37)72/h2-3,9,15-18,20-29,31-35,70H,4-8,10-14H2,1H3,(H,78,79)(H,80,81)(H,82,83)(H,84,85)(H2,50,59,74)(H2,51,54,55)(H,64,71,75)(H3,52,60,62,72)(H3,53,61,63,73)/t20-,21-,22-,23-,24-,25+,26+,27+,28+,29+,31+,32+,33+,34+,35+/m0/s1. The molecule has 0 bridgehead atoms. The summed E-state index contributed by atoms with van der Waals surface area (Å²) in [6.07, 6.45) is -17.2. The van der Waals surface area contributed by atoms with Crippen molar-refractivity contribution in [3.05, 3.63) is 101 Å². The molecule has 5 aliphatic rings. The van der Waals surface area contributed by atoms with Crippen LogP contribution in [0.2, 0.25) is 0 Å². The van der Waals surface area contributed by atoms with Gasteiger partial charge in [-0.15, -0.1) is 0 Å². The van der Waals surface area contributed by atoms with Gasteiger partial charge in [0.2, 0.25) is 11.9 Å². The van der Waals surface area contributed by atoms with Crippen molar-refractivity contribution >= 4 is 96.2 Å². The average molecular weight is 1570 g/mol. The molecule has 0 saturated carbocycles. The minimum Gasteiger partial charge on any atom is -0.390 e. The lowest BCUT2D eigenvalue weighted by Crippen LogP contribution is -2.33. The number of imidazole rings is 3. The number of hydrogen-bond donors (Lipinski definition) is 12. The Morgan fingerprint density at radius 2 is 0.913 bits per heavy atom. The van der Waals surface area contributed by atoms with E-state index in [0.29, 0.717) is 0 Å². The van der Waals surface area contributed by atoms with E-state index in [0.717, 1.165) is 28.0 Å². The van der Waals surface area contributed by atoms with Crippen LogP contribution in [0.4, 0.5) is 23.5 Å². The quantitative estimate of drug-likeness (QED) is 0.0247. The number of nitrogens with two attached hydrogens (primary N) is 4. The van der Waals surface area contributed by atoms with E-state index < -0.39 is 212 Å². The van der Waals surface area contributed by atoms with E-state index in [1.54, 1.807) is 0 Å². The second kappa shape index (κ2) is 29.4. The Morgan fingerprint density at radius 1 is 0.510 bits per heavy atom. The molecule has 0 aliphatic carbocycles. The highest BCUT2D eigenvalue weighted by Gasteiger charge is 2.50. The summed E-state index contributed by atoms with van der Waals surface area (Å²) in [6, 6.07) is 1.23. The van der Waals surface area contributed by atoms with Crippen molar-refractivity contribution in [1.29, 1.82) is 0 Å². The number of aromatic amines is 3. The Morgan fingerprint density at radius 3 is 1.38 bits per heavy atom. The molecule has 5 aliphatic heterocycles. The smallest absolute Gasteiger partial charge is 0.390 e. The van der Waals surface area contributed by atoms with Crippen LogP contribution in [0.3, 0.4) is 0 Å². The Balaban J connectivity index is 0.698. The Hall–Kier alpha value is -7.93. The second-order valence-corrected chi connectivity index (χ2v) is 30.0. The van der Waals surface area contributed by atoms with Gasteiger partial charge in [-0.25, -0.2) is 61.9 Å². The molecule has 13 heterocycles. The lowest BCUT2D eigenvalue weighted by atomic mass is 10.2. The van der Waals surface area contributed by atoms with Gasteiger partial charge < -0.3 is 71.3 Å². The monoisotopic (exact) mass is 1560 g/mol. The van der Waals surface area contributed by atoms with Gasteiger partial charge in [-0.2, -0.15) is 15.0 Å². The summed E-state index contributed by atoms with van der Waals surface area (Å²) in [5, 5.41) is 10.9. The van der Waals surface area contributed by atoms with Crippen molar-refractivity contribution in [3.8, 4) is 0 Å². The molecular weight excluding hydrogens is 1500 g/mol. The van der Waals surface area contributed by atoms with Crippen molar-refractivity contribution < 1.29 is 116 Å². The highest BCUT2D eigenvalue weighted by Crippen LogP contribution is 2.55. The summed E-state index contributed by atoms with van der Waals surface area (Å²) >= 11 is 0. The first kappa shape index (κ1) is 74.3. The number of nitrogen functional groups attached to an aromatic ring is 4. The number of aromatic nitrogens is 16. The SMILES string of the molecule is Cc1cn([C@H]2C[C@H](OP(=O)(O)OC[C@H]3O[C@@H](n4cnc5c(N)ncnc54)C[C@@H]3OP(=O)(O)OC[C@H]3O[C@@H](n4ccc(N)nc4=O)C[C@@H]3OP(=O)(O)OC[C@H]3O[C@@H](n4cnc5c(=O)[nH]c(N)nc54)C[C@@H]3O)[C@@H](COP(=O)(O)O[C@H]3C[C@H](n4cnc5c(=O)[nH]c(N)nc54)O[C@@H]3COP(=O)=O)O2)c(=O)[nH]c1=O. The van der Waals surface area contributed by atoms with Gasteiger partial charge in [0.25, 0.3) is 16.7 Å². The van der Waals surface area contributed by atoms with Gasteiger partial charge in [-0.1, -0.05) is 0 Å². The summed E-state index contributed by atoms with van der Waals surface area (Å²) in [5.41, 5.74) is 18.8. The number of phosphoric acid groups is 4. The Labute approximate surface area is 577 Å². The zero-order valence-corrected chi connectivity index (χ0v) is 57.5. The molecule has 4 unspecified atom stereocenters. The molecule has 8 aromatic heterocycles. The first-order valence-corrected chi connectivity index (χ1v) is 37.7. The van der Waals surface area contributed by atoms with Gasteiger partial charge in [-0.05, 0) is 13.0 Å². The van der Waals surface area contributed by atoms with Crippen LogP contribution in [-0.4, -0.2) is 196 Å². The number of hydrogen-bond acceptors (Lipinski definition) is 38. The van der Waals surface area contributed by atoms with Gasteiger partial charge in [-0.3, -0.25) is 92.9 Å². The maximum atomic E-state index is 14.3.